The Hall–Kier alpha value is -3.02. The van der Waals surface area contributed by atoms with Crippen LogP contribution < -0.4 is 9.64 Å². The van der Waals surface area contributed by atoms with Gasteiger partial charge in [-0.3, -0.25) is 4.90 Å². The summed E-state index contributed by atoms with van der Waals surface area (Å²) >= 11 is 0. The quantitative estimate of drug-likeness (QED) is 0.487. The number of carbonyl (C=O) groups is 2. The summed E-state index contributed by atoms with van der Waals surface area (Å²) in [6.07, 6.45) is 0. The van der Waals surface area contributed by atoms with Crippen LogP contribution in [0.1, 0.15) is 63.8 Å². The molecule has 1 heterocycles. The molecule has 0 bridgehead atoms. The summed E-state index contributed by atoms with van der Waals surface area (Å²) in [7, 11) is 0. The fourth-order valence-corrected chi connectivity index (χ4v) is 4.22. The van der Waals surface area contributed by atoms with E-state index in [2.05, 4.69) is 32.9 Å². The summed E-state index contributed by atoms with van der Waals surface area (Å²) < 4.78 is 11.2. The summed E-state index contributed by atoms with van der Waals surface area (Å²) in [6, 6.07) is 12.3. The van der Waals surface area contributed by atoms with Gasteiger partial charge in [0.05, 0.1) is 6.61 Å². The predicted molar refractivity (Wildman–Crippen MR) is 136 cm³/mol. The molecule has 6 nitrogen and oxygen atoms in total. The lowest BCUT2D eigenvalue weighted by molar-refractivity contribution is -0.158. The number of carbonyl (C=O) groups excluding carboxylic acids is 2. The minimum Gasteiger partial charge on any atom is -0.476 e. The molecule has 1 fully saturated rings. The molecule has 0 unspecified atom stereocenters. The van der Waals surface area contributed by atoms with Crippen LogP contribution in [0.4, 0.5) is 10.5 Å². The Morgan fingerprint density at radius 2 is 1.56 bits per heavy atom. The molecule has 3 rings (SSSR count). The second-order valence-electron chi connectivity index (χ2n) is 10.5. The van der Waals surface area contributed by atoms with Crippen LogP contribution in [0.5, 0.6) is 5.75 Å². The van der Waals surface area contributed by atoms with Crippen LogP contribution in [0.25, 0.3) is 0 Å². The highest BCUT2D eigenvalue weighted by molar-refractivity contribution is 5.94. The Balaban J connectivity index is 1.71. The Kier molecular flexibility index (Phi) is 7.29. The molecule has 1 saturated heterocycles. The van der Waals surface area contributed by atoms with E-state index in [9.17, 15) is 9.59 Å². The van der Waals surface area contributed by atoms with Gasteiger partial charge in [0, 0.05) is 25.3 Å². The highest BCUT2D eigenvalue weighted by Crippen LogP contribution is 2.31. The van der Waals surface area contributed by atoms with Crippen molar-refractivity contribution in [3.05, 3.63) is 58.7 Å². The summed E-state index contributed by atoms with van der Waals surface area (Å²) in [5.74, 6) is 0.284. The number of nitrogens with zero attached hydrogens (tertiary/aromatic N) is 2. The molecule has 2 aromatic rings. The van der Waals surface area contributed by atoms with Crippen molar-refractivity contribution in [1.29, 1.82) is 0 Å². The monoisotopic (exact) mass is 466 g/mol. The van der Waals surface area contributed by atoms with Gasteiger partial charge in [-0.2, -0.15) is 0 Å². The number of anilines is 1. The van der Waals surface area contributed by atoms with E-state index in [1.807, 2.05) is 47.9 Å². The zero-order chi connectivity index (χ0) is 25.3. The normalized spacial score (nSPS) is 14.5. The Morgan fingerprint density at radius 1 is 0.971 bits per heavy atom. The van der Waals surface area contributed by atoms with Crippen molar-refractivity contribution in [1.82, 2.24) is 4.90 Å². The van der Waals surface area contributed by atoms with Crippen LogP contribution in [0.15, 0.2) is 36.4 Å². The van der Waals surface area contributed by atoms with Crippen LogP contribution in [0.3, 0.4) is 0 Å². The Morgan fingerprint density at radius 3 is 2.09 bits per heavy atom. The number of urea groups is 1. The molecule has 0 N–H and O–H groups in total. The number of benzene rings is 2. The topological polar surface area (TPSA) is 59.1 Å². The summed E-state index contributed by atoms with van der Waals surface area (Å²) in [6.45, 7) is 17.8. The molecule has 0 atom stereocenters. The fraction of sp³-hybridized carbons (Fsp3) is 0.500. The Labute approximate surface area is 203 Å². The summed E-state index contributed by atoms with van der Waals surface area (Å²) in [4.78, 5) is 29.1. The second kappa shape index (κ2) is 9.69. The number of hydrogen-bond acceptors (Lipinski definition) is 4. The van der Waals surface area contributed by atoms with Gasteiger partial charge >= 0.3 is 12.0 Å². The van der Waals surface area contributed by atoms with Crippen molar-refractivity contribution >= 4 is 17.7 Å². The molecule has 0 aromatic heterocycles. The lowest BCUT2D eigenvalue weighted by atomic mass is 9.87. The molecule has 34 heavy (non-hydrogen) atoms. The average molecular weight is 467 g/mol. The maximum absolute atomic E-state index is 13.1. The number of amides is 2. The lowest BCUT2D eigenvalue weighted by Gasteiger charge is -2.27. The van der Waals surface area contributed by atoms with Crippen molar-refractivity contribution < 1.29 is 19.1 Å². The van der Waals surface area contributed by atoms with Gasteiger partial charge in [-0.05, 0) is 74.4 Å². The third-order valence-corrected chi connectivity index (χ3v) is 6.16. The molecular weight excluding hydrogens is 428 g/mol. The van der Waals surface area contributed by atoms with Gasteiger partial charge in [-0.25, -0.2) is 9.59 Å². The fourth-order valence-electron chi connectivity index (χ4n) is 4.22. The molecule has 0 spiro atoms. The average Bonchev–Trinajstić information content (AvgIpc) is 3.10. The number of aryl methyl sites for hydroxylation is 2. The van der Waals surface area contributed by atoms with Gasteiger partial charge in [0.15, 0.2) is 5.60 Å². The third-order valence-electron chi connectivity index (χ3n) is 6.16. The SMILES string of the molecule is CCOC(=O)C(C)(C)Oc1c(C)cc(CN2CCN(c3ccc(C(C)(C)C)cc3)C2=O)cc1C. The lowest BCUT2D eigenvalue weighted by Crippen LogP contribution is -2.40. The van der Waals surface area contributed by atoms with Crippen molar-refractivity contribution in [2.75, 3.05) is 24.6 Å². The highest BCUT2D eigenvalue weighted by Gasteiger charge is 2.33. The van der Waals surface area contributed by atoms with Gasteiger partial charge in [0.2, 0.25) is 0 Å². The first kappa shape index (κ1) is 25.6. The molecule has 1 aliphatic heterocycles. The first-order valence-corrected chi connectivity index (χ1v) is 12.0. The zero-order valence-corrected chi connectivity index (χ0v) is 21.8. The van der Waals surface area contributed by atoms with E-state index >= 15 is 0 Å². The smallest absolute Gasteiger partial charge is 0.349 e. The predicted octanol–water partition coefficient (Wildman–Crippen LogP) is 5.76. The largest absolute Gasteiger partial charge is 0.476 e. The van der Waals surface area contributed by atoms with Crippen molar-refractivity contribution in [3.8, 4) is 5.75 Å². The van der Waals surface area contributed by atoms with Crippen LogP contribution in [-0.4, -0.2) is 42.2 Å². The summed E-state index contributed by atoms with van der Waals surface area (Å²) in [5.41, 5.74) is 4.06. The Bertz CT molecular complexity index is 1030. The minimum atomic E-state index is -1.08. The van der Waals surface area contributed by atoms with E-state index in [1.165, 1.54) is 5.56 Å². The molecular formula is C28H38N2O4. The number of esters is 1. The molecule has 2 amide bonds. The van der Waals surface area contributed by atoms with E-state index in [4.69, 9.17) is 9.47 Å². The molecule has 1 aliphatic rings. The van der Waals surface area contributed by atoms with Gasteiger partial charge in [0.1, 0.15) is 5.75 Å². The summed E-state index contributed by atoms with van der Waals surface area (Å²) in [5, 5.41) is 0. The van der Waals surface area contributed by atoms with Gasteiger partial charge in [-0.1, -0.05) is 45.0 Å². The van der Waals surface area contributed by atoms with E-state index in [0.717, 1.165) is 22.4 Å². The number of hydrogen-bond donors (Lipinski definition) is 0. The van der Waals surface area contributed by atoms with Crippen LogP contribution in [-0.2, 0) is 21.5 Å². The van der Waals surface area contributed by atoms with Crippen molar-refractivity contribution in [3.63, 3.8) is 0 Å². The molecule has 0 aliphatic carbocycles. The molecule has 0 radical (unpaired) electrons. The first-order chi connectivity index (χ1) is 15.8. The minimum absolute atomic E-state index is 0.0163. The van der Waals surface area contributed by atoms with Gasteiger partial charge in [-0.15, -0.1) is 0 Å². The van der Waals surface area contributed by atoms with Crippen LogP contribution in [0.2, 0.25) is 0 Å². The van der Waals surface area contributed by atoms with E-state index in [0.29, 0.717) is 32.0 Å². The van der Waals surface area contributed by atoms with E-state index in [1.54, 1.807) is 20.8 Å². The third kappa shape index (κ3) is 5.54. The van der Waals surface area contributed by atoms with Crippen molar-refractivity contribution in [2.24, 2.45) is 0 Å². The highest BCUT2D eigenvalue weighted by atomic mass is 16.6. The maximum Gasteiger partial charge on any atom is 0.349 e. The van der Waals surface area contributed by atoms with E-state index < -0.39 is 11.6 Å². The standard InChI is InChI=1S/C28H38N2O4/c1-9-33-25(31)28(7,8)34-24-19(2)16-21(17-20(24)3)18-29-14-15-30(26(29)32)23-12-10-22(11-13-23)27(4,5)6/h10-13,16-17H,9,14-15,18H2,1-8H3. The molecule has 184 valence electrons. The molecule has 0 saturated carbocycles. The van der Waals surface area contributed by atoms with E-state index in [-0.39, 0.29) is 11.4 Å². The van der Waals surface area contributed by atoms with Gasteiger partial charge < -0.3 is 14.4 Å². The van der Waals surface area contributed by atoms with Crippen LogP contribution in [0, 0.1) is 13.8 Å². The van der Waals surface area contributed by atoms with Crippen molar-refractivity contribution in [2.45, 2.75) is 73.0 Å². The molecule has 6 heteroatoms. The van der Waals surface area contributed by atoms with Gasteiger partial charge in [0.25, 0.3) is 0 Å². The number of ether oxygens (including phenoxy) is 2. The first-order valence-electron chi connectivity index (χ1n) is 12.0. The second-order valence-corrected chi connectivity index (χ2v) is 10.5. The van der Waals surface area contributed by atoms with Crippen LogP contribution >= 0.6 is 0 Å². The molecule has 2 aromatic carbocycles. The zero-order valence-electron chi connectivity index (χ0n) is 21.8. The maximum atomic E-state index is 13.1. The number of rotatable bonds is 7.